The molecular formula is C14H28Br2. The van der Waals surface area contributed by atoms with Gasteiger partial charge in [-0.1, -0.05) is 90.7 Å². The van der Waals surface area contributed by atoms with Crippen LogP contribution in [0.4, 0.5) is 0 Å². The largest absolute Gasteiger partial charge is 0.0922 e. The Morgan fingerprint density at radius 3 is 1.75 bits per heavy atom. The molecule has 0 spiro atoms. The summed E-state index contributed by atoms with van der Waals surface area (Å²) < 4.78 is 0. The molecule has 0 amide bonds. The van der Waals surface area contributed by atoms with Crippen LogP contribution in [0.3, 0.4) is 0 Å². The molecule has 0 rings (SSSR count). The summed E-state index contributed by atoms with van der Waals surface area (Å²) in [5.74, 6) is 0. The van der Waals surface area contributed by atoms with Gasteiger partial charge in [0.15, 0.2) is 0 Å². The second-order valence-electron chi connectivity index (χ2n) is 5.04. The van der Waals surface area contributed by atoms with Crippen molar-refractivity contribution in [2.75, 3.05) is 10.7 Å². The predicted molar refractivity (Wildman–Crippen MR) is 82.9 cm³/mol. The van der Waals surface area contributed by atoms with Crippen LogP contribution in [0.15, 0.2) is 0 Å². The fourth-order valence-corrected chi connectivity index (χ4v) is 4.29. The van der Waals surface area contributed by atoms with Crippen LogP contribution >= 0.6 is 31.9 Å². The molecular weight excluding hydrogens is 328 g/mol. The van der Waals surface area contributed by atoms with E-state index in [-0.39, 0.29) is 0 Å². The number of halogens is 2. The second-order valence-corrected chi connectivity index (χ2v) is 6.16. The molecule has 0 fully saturated rings. The van der Waals surface area contributed by atoms with Crippen LogP contribution in [0.25, 0.3) is 0 Å². The molecule has 0 aliphatic carbocycles. The smallest absolute Gasteiger partial charge is 0.00959 e. The van der Waals surface area contributed by atoms with Gasteiger partial charge in [0.25, 0.3) is 0 Å². The molecule has 16 heavy (non-hydrogen) atoms. The van der Waals surface area contributed by atoms with Crippen molar-refractivity contribution in [1.29, 1.82) is 0 Å². The summed E-state index contributed by atoms with van der Waals surface area (Å²) in [5, 5.41) is 2.29. The molecule has 0 bridgehead atoms. The summed E-state index contributed by atoms with van der Waals surface area (Å²) >= 11 is 7.40. The number of alkyl halides is 2. The lowest BCUT2D eigenvalue weighted by atomic mass is 9.82. The third-order valence-corrected chi connectivity index (χ3v) is 5.79. The van der Waals surface area contributed by atoms with E-state index in [0.29, 0.717) is 5.41 Å². The van der Waals surface area contributed by atoms with Crippen LogP contribution in [-0.4, -0.2) is 10.7 Å². The van der Waals surface area contributed by atoms with Crippen LogP contribution in [-0.2, 0) is 0 Å². The van der Waals surface area contributed by atoms with E-state index in [2.05, 4.69) is 45.7 Å². The SMILES string of the molecule is CCCCCCCCC(CBr)(CBr)CCC. The highest BCUT2D eigenvalue weighted by atomic mass is 79.9. The van der Waals surface area contributed by atoms with Gasteiger partial charge in [-0.15, -0.1) is 0 Å². The maximum absolute atomic E-state index is 3.70. The van der Waals surface area contributed by atoms with Gasteiger partial charge in [-0.25, -0.2) is 0 Å². The summed E-state index contributed by atoms with van der Waals surface area (Å²) in [7, 11) is 0. The highest BCUT2D eigenvalue weighted by Gasteiger charge is 2.25. The average molecular weight is 356 g/mol. The van der Waals surface area contributed by atoms with Crippen LogP contribution in [0.1, 0.15) is 71.6 Å². The number of rotatable bonds is 11. The summed E-state index contributed by atoms with van der Waals surface area (Å²) in [5.41, 5.74) is 0.513. The molecule has 2 heteroatoms. The molecule has 98 valence electrons. The van der Waals surface area contributed by atoms with Gasteiger partial charge in [0.05, 0.1) is 0 Å². The Morgan fingerprint density at radius 1 is 0.688 bits per heavy atom. The summed E-state index contributed by atoms with van der Waals surface area (Å²) in [6.45, 7) is 4.57. The van der Waals surface area contributed by atoms with Crippen molar-refractivity contribution in [3.63, 3.8) is 0 Å². The minimum Gasteiger partial charge on any atom is -0.0922 e. The lowest BCUT2D eigenvalue weighted by Gasteiger charge is -2.29. The first-order valence-corrected chi connectivity index (χ1v) is 9.11. The molecule has 0 saturated heterocycles. The van der Waals surface area contributed by atoms with Crippen LogP contribution < -0.4 is 0 Å². The molecule has 0 aliphatic rings. The molecule has 0 saturated carbocycles. The van der Waals surface area contributed by atoms with E-state index in [1.54, 1.807) is 0 Å². The lowest BCUT2D eigenvalue weighted by Crippen LogP contribution is -2.24. The average Bonchev–Trinajstić information content (AvgIpc) is 2.32. The monoisotopic (exact) mass is 354 g/mol. The number of unbranched alkanes of at least 4 members (excludes halogenated alkanes) is 5. The van der Waals surface area contributed by atoms with Crippen molar-refractivity contribution in [1.82, 2.24) is 0 Å². The molecule has 0 heterocycles. The Kier molecular flexibility index (Phi) is 11.7. The molecule has 0 atom stereocenters. The molecule has 0 unspecified atom stereocenters. The minimum atomic E-state index is 0.513. The maximum atomic E-state index is 3.70. The molecule has 0 aliphatic heterocycles. The molecule has 0 aromatic rings. The fourth-order valence-electron chi connectivity index (χ4n) is 2.24. The van der Waals surface area contributed by atoms with E-state index < -0.39 is 0 Å². The first-order valence-electron chi connectivity index (χ1n) is 6.86. The zero-order valence-corrected chi connectivity index (χ0v) is 14.2. The maximum Gasteiger partial charge on any atom is 0.00959 e. The normalized spacial score (nSPS) is 12.0. The Labute approximate surface area is 119 Å². The van der Waals surface area contributed by atoms with E-state index in [1.807, 2.05) is 0 Å². The van der Waals surface area contributed by atoms with E-state index in [9.17, 15) is 0 Å². The zero-order chi connectivity index (χ0) is 12.3. The van der Waals surface area contributed by atoms with E-state index in [0.717, 1.165) is 10.7 Å². The van der Waals surface area contributed by atoms with Gasteiger partial charge in [-0.3, -0.25) is 0 Å². The topological polar surface area (TPSA) is 0 Å². The van der Waals surface area contributed by atoms with Crippen LogP contribution in [0.2, 0.25) is 0 Å². The highest BCUT2D eigenvalue weighted by Crippen LogP contribution is 2.34. The fraction of sp³-hybridized carbons (Fsp3) is 1.00. The zero-order valence-electron chi connectivity index (χ0n) is 11.0. The van der Waals surface area contributed by atoms with Crippen LogP contribution in [0, 0.1) is 5.41 Å². The minimum absolute atomic E-state index is 0.513. The Hall–Kier alpha value is 0.960. The van der Waals surface area contributed by atoms with Crippen molar-refractivity contribution in [3.05, 3.63) is 0 Å². The Balaban J connectivity index is 3.67. The summed E-state index contributed by atoms with van der Waals surface area (Å²) in [6, 6.07) is 0. The lowest BCUT2D eigenvalue weighted by molar-refractivity contribution is 0.311. The van der Waals surface area contributed by atoms with Crippen molar-refractivity contribution in [3.8, 4) is 0 Å². The van der Waals surface area contributed by atoms with E-state index in [1.165, 1.54) is 57.8 Å². The Bertz CT molecular complexity index is 142. The van der Waals surface area contributed by atoms with Crippen LogP contribution in [0.5, 0.6) is 0 Å². The predicted octanol–water partition coefficient (Wildman–Crippen LogP) is 6.31. The van der Waals surface area contributed by atoms with E-state index >= 15 is 0 Å². The van der Waals surface area contributed by atoms with Gasteiger partial charge in [0.1, 0.15) is 0 Å². The molecule has 0 aromatic carbocycles. The van der Waals surface area contributed by atoms with Gasteiger partial charge >= 0.3 is 0 Å². The molecule has 0 N–H and O–H groups in total. The third kappa shape index (κ3) is 7.32. The van der Waals surface area contributed by atoms with E-state index in [4.69, 9.17) is 0 Å². The standard InChI is InChI=1S/C14H28Br2/c1-3-5-6-7-8-9-11-14(12-15,13-16)10-4-2/h3-13H2,1-2H3. The molecule has 0 radical (unpaired) electrons. The first-order chi connectivity index (χ1) is 7.74. The molecule has 0 nitrogen and oxygen atoms in total. The number of hydrogen-bond donors (Lipinski definition) is 0. The molecule has 0 aromatic heterocycles. The van der Waals surface area contributed by atoms with Gasteiger partial charge in [0, 0.05) is 10.7 Å². The third-order valence-electron chi connectivity index (χ3n) is 3.41. The van der Waals surface area contributed by atoms with Gasteiger partial charge in [-0.05, 0) is 18.3 Å². The van der Waals surface area contributed by atoms with Gasteiger partial charge in [0.2, 0.25) is 0 Å². The van der Waals surface area contributed by atoms with Gasteiger partial charge < -0.3 is 0 Å². The van der Waals surface area contributed by atoms with Crippen molar-refractivity contribution in [2.45, 2.75) is 71.6 Å². The second kappa shape index (κ2) is 11.1. The van der Waals surface area contributed by atoms with Gasteiger partial charge in [-0.2, -0.15) is 0 Å². The van der Waals surface area contributed by atoms with Crippen molar-refractivity contribution < 1.29 is 0 Å². The van der Waals surface area contributed by atoms with Crippen molar-refractivity contribution >= 4 is 31.9 Å². The Morgan fingerprint density at radius 2 is 1.25 bits per heavy atom. The first kappa shape index (κ1) is 17.0. The quantitative estimate of drug-likeness (QED) is 0.300. The highest BCUT2D eigenvalue weighted by molar-refractivity contribution is 9.09. The van der Waals surface area contributed by atoms with Crippen molar-refractivity contribution in [2.24, 2.45) is 5.41 Å². The summed E-state index contributed by atoms with van der Waals surface area (Å²) in [4.78, 5) is 0. The number of hydrogen-bond acceptors (Lipinski definition) is 0. The summed E-state index contributed by atoms with van der Waals surface area (Å²) in [6.07, 6.45) is 12.5.